The lowest BCUT2D eigenvalue weighted by Crippen LogP contribution is -2.42. The molecule has 5 nitrogen and oxygen atoms in total. The maximum atomic E-state index is 11.9. The quantitative estimate of drug-likeness (QED) is 0.760. The molecule has 0 aliphatic heterocycles. The number of amides is 1. The van der Waals surface area contributed by atoms with Gasteiger partial charge in [-0.15, -0.1) is 0 Å². The molecule has 116 valence electrons. The van der Waals surface area contributed by atoms with Gasteiger partial charge in [-0.3, -0.25) is 4.79 Å². The van der Waals surface area contributed by atoms with Crippen molar-refractivity contribution in [2.75, 3.05) is 13.7 Å². The highest BCUT2D eigenvalue weighted by molar-refractivity contribution is 5.80. The second kappa shape index (κ2) is 7.43. The number of nitrogens with two attached hydrogens (primary N) is 1. The van der Waals surface area contributed by atoms with Gasteiger partial charge in [-0.2, -0.15) is 0 Å². The normalized spacial score (nSPS) is 17.1. The van der Waals surface area contributed by atoms with Crippen LogP contribution in [0.4, 0.5) is 0 Å². The third kappa shape index (κ3) is 5.02. The van der Waals surface area contributed by atoms with Crippen LogP contribution in [0, 0.1) is 5.92 Å². The van der Waals surface area contributed by atoms with E-state index < -0.39 is 6.10 Å². The van der Waals surface area contributed by atoms with Crippen LogP contribution in [0.2, 0.25) is 0 Å². The van der Waals surface area contributed by atoms with Crippen LogP contribution in [0.15, 0.2) is 24.3 Å². The Hall–Kier alpha value is -1.59. The van der Waals surface area contributed by atoms with Gasteiger partial charge in [0.2, 0.25) is 5.91 Å². The first-order valence-corrected chi connectivity index (χ1v) is 7.38. The van der Waals surface area contributed by atoms with Gasteiger partial charge in [0.1, 0.15) is 11.9 Å². The number of carbonyl (C=O) groups is 1. The minimum Gasteiger partial charge on any atom is -0.497 e. The molecule has 3 N–H and O–H groups in total. The Morgan fingerprint density at radius 3 is 2.90 bits per heavy atom. The molecular formula is C16H24N2O3. The van der Waals surface area contributed by atoms with Crippen LogP contribution < -0.4 is 15.8 Å². The van der Waals surface area contributed by atoms with Gasteiger partial charge in [0.15, 0.2) is 0 Å². The first-order valence-electron chi connectivity index (χ1n) is 7.38. The number of hydrogen-bond donors (Lipinski definition) is 2. The van der Waals surface area contributed by atoms with E-state index in [0.29, 0.717) is 19.1 Å². The lowest BCUT2D eigenvalue weighted by atomic mass is 10.2. The van der Waals surface area contributed by atoms with Crippen molar-refractivity contribution in [1.82, 2.24) is 5.32 Å². The molecule has 1 amide bonds. The van der Waals surface area contributed by atoms with E-state index in [2.05, 4.69) is 5.32 Å². The molecular weight excluding hydrogens is 268 g/mol. The van der Waals surface area contributed by atoms with Crippen LogP contribution in [0.1, 0.15) is 25.3 Å². The van der Waals surface area contributed by atoms with E-state index in [4.69, 9.17) is 15.2 Å². The molecule has 0 saturated heterocycles. The number of ether oxygens (including phenoxy) is 2. The number of methoxy groups -OCH3 is 1. The van der Waals surface area contributed by atoms with Crippen LogP contribution in [0.5, 0.6) is 5.75 Å². The molecule has 5 heteroatoms. The zero-order valence-electron chi connectivity index (χ0n) is 12.7. The third-order valence-electron chi connectivity index (χ3n) is 3.74. The van der Waals surface area contributed by atoms with Crippen molar-refractivity contribution in [1.29, 1.82) is 0 Å². The summed E-state index contributed by atoms with van der Waals surface area (Å²) in [4.78, 5) is 11.9. The van der Waals surface area contributed by atoms with Crippen molar-refractivity contribution >= 4 is 5.91 Å². The zero-order chi connectivity index (χ0) is 15.2. The molecule has 2 atom stereocenters. The predicted molar refractivity (Wildman–Crippen MR) is 81.0 cm³/mol. The van der Waals surface area contributed by atoms with Crippen molar-refractivity contribution in [2.45, 2.75) is 38.5 Å². The molecule has 0 radical (unpaired) electrons. The Balaban J connectivity index is 1.72. The van der Waals surface area contributed by atoms with E-state index in [9.17, 15) is 4.79 Å². The molecule has 1 aromatic carbocycles. The molecule has 1 fully saturated rings. The number of nitrogens with one attached hydrogen (secondary N) is 1. The number of benzene rings is 1. The highest BCUT2D eigenvalue weighted by Gasteiger charge is 2.28. The van der Waals surface area contributed by atoms with Crippen molar-refractivity contribution in [3.8, 4) is 5.75 Å². The van der Waals surface area contributed by atoms with E-state index in [-0.39, 0.29) is 11.9 Å². The Morgan fingerprint density at radius 1 is 1.48 bits per heavy atom. The van der Waals surface area contributed by atoms with E-state index in [1.165, 1.54) is 12.8 Å². The topological polar surface area (TPSA) is 73.6 Å². The number of rotatable bonds is 8. The summed E-state index contributed by atoms with van der Waals surface area (Å²) in [7, 11) is 1.62. The molecule has 1 saturated carbocycles. The molecule has 2 unspecified atom stereocenters. The van der Waals surface area contributed by atoms with E-state index in [1.807, 2.05) is 24.3 Å². The van der Waals surface area contributed by atoms with Crippen LogP contribution in [-0.2, 0) is 16.1 Å². The fraction of sp³-hybridized carbons (Fsp3) is 0.562. The van der Waals surface area contributed by atoms with Crippen molar-refractivity contribution in [3.05, 3.63) is 29.8 Å². The Labute approximate surface area is 125 Å². The van der Waals surface area contributed by atoms with Gasteiger partial charge in [-0.1, -0.05) is 12.1 Å². The van der Waals surface area contributed by atoms with Gasteiger partial charge in [0.25, 0.3) is 0 Å². The van der Waals surface area contributed by atoms with Crippen LogP contribution in [-0.4, -0.2) is 31.7 Å². The van der Waals surface area contributed by atoms with Crippen LogP contribution in [0.25, 0.3) is 0 Å². The zero-order valence-corrected chi connectivity index (χ0v) is 12.7. The second-order valence-electron chi connectivity index (χ2n) is 5.55. The molecule has 0 bridgehead atoms. The van der Waals surface area contributed by atoms with Gasteiger partial charge in [0, 0.05) is 12.6 Å². The molecule has 1 aliphatic carbocycles. The minimum atomic E-state index is -0.498. The predicted octanol–water partition coefficient (Wildman–Crippen LogP) is 1.45. The van der Waals surface area contributed by atoms with E-state index in [0.717, 1.165) is 11.3 Å². The third-order valence-corrected chi connectivity index (χ3v) is 3.74. The number of hydrogen-bond acceptors (Lipinski definition) is 4. The minimum absolute atomic E-state index is 0.0690. The smallest absolute Gasteiger partial charge is 0.248 e. The maximum absolute atomic E-state index is 11.9. The lowest BCUT2D eigenvalue weighted by Gasteiger charge is -2.16. The van der Waals surface area contributed by atoms with E-state index >= 15 is 0 Å². The summed E-state index contributed by atoms with van der Waals surface area (Å²) in [6.07, 6.45) is 1.86. The summed E-state index contributed by atoms with van der Waals surface area (Å²) in [5, 5.41) is 2.85. The lowest BCUT2D eigenvalue weighted by molar-refractivity contribution is -0.132. The molecule has 21 heavy (non-hydrogen) atoms. The SMILES string of the molecule is COc1cccc(COC(C)C(=O)NCC(N)C2CC2)c1. The summed E-state index contributed by atoms with van der Waals surface area (Å²) in [5.41, 5.74) is 6.93. The highest BCUT2D eigenvalue weighted by atomic mass is 16.5. The van der Waals surface area contributed by atoms with Gasteiger partial charge >= 0.3 is 0 Å². The Morgan fingerprint density at radius 2 is 2.24 bits per heavy atom. The Kier molecular flexibility index (Phi) is 5.59. The molecule has 0 spiro atoms. The monoisotopic (exact) mass is 292 g/mol. The van der Waals surface area contributed by atoms with Crippen molar-refractivity contribution in [3.63, 3.8) is 0 Å². The van der Waals surface area contributed by atoms with Gasteiger partial charge in [0.05, 0.1) is 13.7 Å². The second-order valence-corrected chi connectivity index (χ2v) is 5.55. The molecule has 0 aromatic heterocycles. The molecule has 0 heterocycles. The van der Waals surface area contributed by atoms with Crippen molar-refractivity contribution in [2.24, 2.45) is 11.7 Å². The van der Waals surface area contributed by atoms with Crippen LogP contribution in [0.3, 0.4) is 0 Å². The van der Waals surface area contributed by atoms with Crippen LogP contribution >= 0.6 is 0 Å². The largest absolute Gasteiger partial charge is 0.497 e. The highest BCUT2D eigenvalue weighted by Crippen LogP contribution is 2.31. The summed E-state index contributed by atoms with van der Waals surface area (Å²) in [6, 6.07) is 7.68. The first-order chi connectivity index (χ1) is 10.1. The molecule has 1 aromatic rings. The fourth-order valence-electron chi connectivity index (χ4n) is 2.11. The van der Waals surface area contributed by atoms with Gasteiger partial charge < -0.3 is 20.5 Å². The summed E-state index contributed by atoms with van der Waals surface area (Å²) < 4.78 is 10.7. The standard InChI is InChI=1S/C16H24N2O3/c1-11(16(19)18-9-15(17)13-6-7-13)21-10-12-4-3-5-14(8-12)20-2/h3-5,8,11,13,15H,6-7,9-10,17H2,1-2H3,(H,18,19). The summed E-state index contributed by atoms with van der Waals surface area (Å²) >= 11 is 0. The average Bonchev–Trinajstić information content (AvgIpc) is 3.34. The average molecular weight is 292 g/mol. The fourth-order valence-corrected chi connectivity index (χ4v) is 2.11. The van der Waals surface area contributed by atoms with E-state index in [1.54, 1.807) is 14.0 Å². The van der Waals surface area contributed by atoms with Gasteiger partial charge in [-0.25, -0.2) is 0 Å². The number of carbonyl (C=O) groups excluding carboxylic acids is 1. The maximum Gasteiger partial charge on any atom is 0.248 e. The van der Waals surface area contributed by atoms with Crippen molar-refractivity contribution < 1.29 is 14.3 Å². The van der Waals surface area contributed by atoms with Gasteiger partial charge in [-0.05, 0) is 43.4 Å². The molecule has 1 aliphatic rings. The summed E-state index contributed by atoms with van der Waals surface area (Å²) in [5.74, 6) is 1.25. The molecule has 2 rings (SSSR count). The first kappa shape index (κ1) is 15.8. The Bertz CT molecular complexity index is 474. The summed E-state index contributed by atoms with van der Waals surface area (Å²) in [6.45, 7) is 2.65.